The summed E-state index contributed by atoms with van der Waals surface area (Å²) in [5.74, 6) is -1.68. The van der Waals surface area contributed by atoms with Crippen LogP contribution in [0.25, 0.3) is 5.76 Å². The van der Waals surface area contributed by atoms with Gasteiger partial charge in [-0.2, -0.15) is 0 Å². The van der Waals surface area contributed by atoms with E-state index in [4.69, 9.17) is 9.47 Å². The number of H-pyrrole nitrogens is 1. The van der Waals surface area contributed by atoms with E-state index in [0.29, 0.717) is 47.7 Å². The summed E-state index contributed by atoms with van der Waals surface area (Å²) in [5, 5.41) is 11.6. The fraction of sp³-hybridized carbons (Fsp3) is 0.433. The van der Waals surface area contributed by atoms with Crippen LogP contribution in [0.5, 0.6) is 5.75 Å². The van der Waals surface area contributed by atoms with Crippen LogP contribution in [0.2, 0.25) is 0 Å². The molecule has 1 atom stereocenters. The molecule has 1 saturated heterocycles. The van der Waals surface area contributed by atoms with Crippen LogP contribution in [-0.4, -0.2) is 76.9 Å². The van der Waals surface area contributed by atoms with E-state index in [0.717, 1.165) is 19.6 Å². The number of amides is 1. The molecule has 1 unspecified atom stereocenters. The van der Waals surface area contributed by atoms with Crippen molar-refractivity contribution in [3.63, 3.8) is 0 Å². The first-order valence-corrected chi connectivity index (χ1v) is 13.4. The van der Waals surface area contributed by atoms with Crippen LogP contribution in [0.1, 0.15) is 66.1 Å². The highest BCUT2D eigenvalue weighted by Crippen LogP contribution is 2.41. The van der Waals surface area contributed by atoms with E-state index >= 15 is 0 Å². The van der Waals surface area contributed by atoms with E-state index in [-0.39, 0.29) is 23.6 Å². The first-order valence-electron chi connectivity index (χ1n) is 13.4. The van der Waals surface area contributed by atoms with Gasteiger partial charge in [0.25, 0.3) is 11.7 Å². The summed E-state index contributed by atoms with van der Waals surface area (Å²) in [4.78, 5) is 46.0. The van der Waals surface area contributed by atoms with Crippen LogP contribution >= 0.6 is 0 Å². The molecule has 2 aromatic rings. The standard InChI is InChI=1S/C30H39N3O6/c1-7-18-39-22-14-12-21(13-15-22)26-24(28(35)29(36)33(26)17-11-16-32(8-2)9-3)27(34)23-19(5)25(31-20(23)6)30(37)38-10-4/h7,12-15,26,31,34H,1,8-11,16-18H2,2-6H3. The number of aliphatic hydroxyl groups is 1. The molecule has 1 aliphatic rings. The van der Waals surface area contributed by atoms with Crippen LogP contribution in [0, 0.1) is 13.8 Å². The van der Waals surface area contributed by atoms with E-state index in [1.54, 1.807) is 51.1 Å². The number of esters is 1. The van der Waals surface area contributed by atoms with Gasteiger partial charge in [-0.05, 0) is 70.1 Å². The lowest BCUT2D eigenvalue weighted by Gasteiger charge is -2.27. The number of aromatic nitrogens is 1. The Balaban J connectivity index is 2.10. The third kappa shape index (κ3) is 6.25. The molecule has 0 radical (unpaired) electrons. The van der Waals surface area contributed by atoms with Crippen LogP contribution in [0.4, 0.5) is 0 Å². The first kappa shape index (κ1) is 29.7. The van der Waals surface area contributed by atoms with Gasteiger partial charge in [0, 0.05) is 17.8 Å². The Kier molecular flexibility index (Phi) is 10.1. The number of nitrogens with zero attached hydrogens (tertiary/aromatic N) is 2. The SMILES string of the molecule is C=CCOc1ccc(C2C(=C(O)c3c(C)[nH]c(C(=O)OCC)c3C)C(=O)C(=O)N2CCCN(CC)CC)cc1. The van der Waals surface area contributed by atoms with Gasteiger partial charge in [-0.15, -0.1) is 0 Å². The summed E-state index contributed by atoms with van der Waals surface area (Å²) in [5.41, 5.74) is 2.11. The van der Waals surface area contributed by atoms with Gasteiger partial charge >= 0.3 is 5.97 Å². The number of ether oxygens (including phenoxy) is 2. The summed E-state index contributed by atoms with van der Waals surface area (Å²) in [6, 6.07) is 6.32. The van der Waals surface area contributed by atoms with Gasteiger partial charge in [0.2, 0.25) is 0 Å². The minimum atomic E-state index is -0.796. The number of hydrogen-bond donors (Lipinski definition) is 2. The van der Waals surface area contributed by atoms with Gasteiger partial charge in [-0.1, -0.05) is 38.6 Å². The number of likely N-dealkylation sites (tertiary alicyclic amines) is 1. The van der Waals surface area contributed by atoms with Gasteiger partial charge in [0.15, 0.2) is 0 Å². The minimum Gasteiger partial charge on any atom is -0.507 e. The lowest BCUT2D eigenvalue weighted by Crippen LogP contribution is -2.33. The van der Waals surface area contributed by atoms with Crippen molar-refractivity contribution in [2.24, 2.45) is 0 Å². The molecule has 0 bridgehead atoms. The highest BCUT2D eigenvalue weighted by Gasteiger charge is 2.46. The van der Waals surface area contributed by atoms with Gasteiger partial charge in [-0.3, -0.25) is 9.59 Å². The monoisotopic (exact) mass is 537 g/mol. The lowest BCUT2D eigenvalue weighted by molar-refractivity contribution is -0.140. The Morgan fingerprint density at radius 2 is 1.82 bits per heavy atom. The number of carbonyl (C=O) groups is 3. The molecule has 1 fully saturated rings. The first-order chi connectivity index (χ1) is 18.7. The van der Waals surface area contributed by atoms with Gasteiger partial charge in [-0.25, -0.2) is 4.79 Å². The van der Waals surface area contributed by atoms with Crippen LogP contribution in [0.3, 0.4) is 0 Å². The smallest absolute Gasteiger partial charge is 0.355 e. The van der Waals surface area contributed by atoms with Gasteiger partial charge < -0.3 is 29.4 Å². The predicted octanol–water partition coefficient (Wildman–Crippen LogP) is 4.53. The largest absolute Gasteiger partial charge is 0.507 e. The Labute approximate surface area is 230 Å². The summed E-state index contributed by atoms with van der Waals surface area (Å²) in [6.07, 6.45) is 2.31. The fourth-order valence-corrected chi connectivity index (χ4v) is 5.01. The third-order valence-electron chi connectivity index (χ3n) is 7.03. The number of benzene rings is 1. The number of carbonyl (C=O) groups excluding carboxylic acids is 3. The molecule has 39 heavy (non-hydrogen) atoms. The van der Waals surface area contributed by atoms with E-state index in [1.165, 1.54) is 4.90 Å². The molecular formula is C30H39N3O6. The fourth-order valence-electron chi connectivity index (χ4n) is 5.01. The number of hydrogen-bond acceptors (Lipinski definition) is 7. The molecule has 3 rings (SSSR count). The van der Waals surface area contributed by atoms with E-state index < -0.39 is 23.7 Å². The summed E-state index contributed by atoms with van der Waals surface area (Å²) in [6.45, 7) is 16.3. The van der Waals surface area contributed by atoms with Crippen molar-refractivity contribution in [3.05, 3.63) is 70.6 Å². The molecule has 0 aliphatic carbocycles. The molecule has 9 heteroatoms. The van der Waals surface area contributed by atoms with E-state index in [1.807, 2.05) is 0 Å². The minimum absolute atomic E-state index is 0.0109. The van der Waals surface area contributed by atoms with Crippen molar-refractivity contribution in [1.29, 1.82) is 0 Å². The number of aryl methyl sites for hydroxylation is 1. The Bertz CT molecular complexity index is 1240. The Morgan fingerprint density at radius 3 is 2.41 bits per heavy atom. The quantitative estimate of drug-likeness (QED) is 0.127. The zero-order valence-corrected chi connectivity index (χ0v) is 23.5. The second-order valence-corrected chi connectivity index (χ2v) is 9.39. The van der Waals surface area contributed by atoms with Crippen molar-refractivity contribution >= 4 is 23.4 Å². The van der Waals surface area contributed by atoms with Crippen molar-refractivity contribution in [1.82, 2.24) is 14.8 Å². The second-order valence-electron chi connectivity index (χ2n) is 9.39. The second kappa shape index (κ2) is 13.3. The maximum atomic E-state index is 13.4. The van der Waals surface area contributed by atoms with E-state index in [2.05, 4.69) is 30.3 Å². The zero-order chi connectivity index (χ0) is 28.7. The molecule has 1 aromatic heterocycles. The maximum Gasteiger partial charge on any atom is 0.355 e. The number of aromatic amines is 1. The molecule has 2 N–H and O–H groups in total. The van der Waals surface area contributed by atoms with Crippen molar-refractivity contribution in [2.75, 3.05) is 39.4 Å². The molecule has 2 heterocycles. The Hall–Kier alpha value is -3.85. The summed E-state index contributed by atoms with van der Waals surface area (Å²) in [7, 11) is 0. The van der Waals surface area contributed by atoms with Crippen LogP contribution < -0.4 is 4.74 Å². The molecule has 210 valence electrons. The lowest BCUT2D eigenvalue weighted by atomic mass is 9.94. The molecule has 0 saturated carbocycles. The molecule has 1 amide bonds. The number of ketones is 1. The van der Waals surface area contributed by atoms with Crippen LogP contribution in [0.15, 0.2) is 42.5 Å². The normalized spacial score (nSPS) is 16.7. The third-order valence-corrected chi connectivity index (χ3v) is 7.03. The van der Waals surface area contributed by atoms with Crippen molar-refractivity contribution < 1.29 is 29.0 Å². The number of Topliss-reactive ketones (excluding diaryl/α,β-unsaturated/α-hetero) is 1. The number of aliphatic hydroxyl groups excluding tert-OH is 1. The maximum absolute atomic E-state index is 13.4. The Morgan fingerprint density at radius 1 is 1.15 bits per heavy atom. The topological polar surface area (TPSA) is 112 Å². The highest BCUT2D eigenvalue weighted by molar-refractivity contribution is 6.46. The molecule has 0 spiro atoms. The number of rotatable bonds is 13. The summed E-state index contributed by atoms with van der Waals surface area (Å²) < 4.78 is 10.7. The average molecular weight is 538 g/mol. The average Bonchev–Trinajstić information content (AvgIpc) is 3.37. The van der Waals surface area contributed by atoms with Gasteiger partial charge in [0.1, 0.15) is 23.8 Å². The highest BCUT2D eigenvalue weighted by atomic mass is 16.5. The molecule has 9 nitrogen and oxygen atoms in total. The van der Waals surface area contributed by atoms with Crippen LogP contribution in [-0.2, 0) is 14.3 Å². The zero-order valence-electron chi connectivity index (χ0n) is 23.5. The van der Waals surface area contributed by atoms with Crippen molar-refractivity contribution in [2.45, 2.75) is 47.1 Å². The molecule has 1 aliphatic heterocycles. The molecular weight excluding hydrogens is 498 g/mol. The number of nitrogens with one attached hydrogen (secondary N) is 1. The summed E-state index contributed by atoms with van der Waals surface area (Å²) >= 11 is 0. The molecule has 1 aromatic carbocycles. The van der Waals surface area contributed by atoms with E-state index in [9.17, 15) is 19.5 Å². The van der Waals surface area contributed by atoms with Gasteiger partial charge in [0.05, 0.1) is 18.2 Å². The van der Waals surface area contributed by atoms with Crippen molar-refractivity contribution in [3.8, 4) is 5.75 Å². The predicted molar refractivity (Wildman–Crippen MR) is 150 cm³/mol.